The van der Waals surface area contributed by atoms with E-state index < -0.39 is 27.5 Å². The van der Waals surface area contributed by atoms with Crippen LogP contribution < -0.4 is 10.9 Å². The van der Waals surface area contributed by atoms with Crippen LogP contribution in [-0.2, 0) is 14.8 Å². The Kier molecular flexibility index (Phi) is 5.14. The number of H-pyrrole nitrogens is 1. The zero-order chi connectivity index (χ0) is 18.2. The molecule has 2 aromatic heterocycles. The molecule has 0 spiro atoms. The summed E-state index contributed by atoms with van der Waals surface area (Å²) in [6.45, 7) is 2.11. The maximum Gasteiger partial charge on any atom is 0.271 e. The third kappa shape index (κ3) is 3.71. The first-order valence-corrected chi connectivity index (χ1v) is 10.6. The zero-order valence-electron chi connectivity index (χ0n) is 13.3. The van der Waals surface area contributed by atoms with Crippen LogP contribution in [0.2, 0.25) is 0 Å². The van der Waals surface area contributed by atoms with E-state index in [1.807, 2.05) is 6.92 Å². The molecule has 1 fully saturated rings. The third-order valence-corrected chi connectivity index (χ3v) is 7.74. The smallest absolute Gasteiger partial charge is 0.271 e. The van der Waals surface area contributed by atoms with E-state index in [1.165, 1.54) is 27.9 Å². The van der Waals surface area contributed by atoms with E-state index in [-0.39, 0.29) is 16.4 Å². The van der Waals surface area contributed by atoms with Crippen LogP contribution in [0, 0.1) is 6.92 Å². The number of nitrogens with one attached hydrogen (secondary N) is 2. The number of hydrogen-bond donors (Lipinski definition) is 2. The summed E-state index contributed by atoms with van der Waals surface area (Å²) in [5, 5.41) is 2.54. The van der Waals surface area contributed by atoms with Crippen molar-refractivity contribution in [3.8, 4) is 0 Å². The lowest BCUT2D eigenvalue weighted by atomic mass is 10.2. The molecule has 1 aliphatic rings. The van der Waals surface area contributed by atoms with Crippen LogP contribution in [-0.4, -0.2) is 36.2 Å². The van der Waals surface area contributed by atoms with Crippen molar-refractivity contribution in [3.05, 3.63) is 44.1 Å². The van der Waals surface area contributed by atoms with Gasteiger partial charge in [-0.2, -0.15) is 4.31 Å². The molecule has 2 aromatic rings. The van der Waals surface area contributed by atoms with Crippen molar-refractivity contribution in [1.82, 2.24) is 9.29 Å². The summed E-state index contributed by atoms with van der Waals surface area (Å²) in [6.07, 6.45) is 2.47. The predicted molar refractivity (Wildman–Crippen MR) is 99.4 cm³/mol. The van der Waals surface area contributed by atoms with Gasteiger partial charge in [0.25, 0.3) is 15.6 Å². The van der Waals surface area contributed by atoms with E-state index in [0.29, 0.717) is 17.3 Å². The van der Waals surface area contributed by atoms with E-state index in [9.17, 15) is 18.0 Å². The molecule has 0 radical (unpaired) electrons. The average Bonchev–Trinajstić information content (AvgIpc) is 3.20. The van der Waals surface area contributed by atoms with Gasteiger partial charge in [-0.1, -0.05) is 0 Å². The number of carbonyl (C=O) groups excluding carboxylic acids is 1. The Hall–Kier alpha value is -1.49. The molecule has 0 aromatic carbocycles. The second-order valence-corrected chi connectivity index (χ2v) is 10.0. The highest BCUT2D eigenvalue weighted by Gasteiger charge is 2.40. The largest absolute Gasteiger partial charge is 0.326 e. The maximum absolute atomic E-state index is 12.8. The topological polar surface area (TPSA) is 99.3 Å². The molecule has 2 N–H and O–H groups in total. The van der Waals surface area contributed by atoms with Gasteiger partial charge in [0, 0.05) is 22.1 Å². The predicted octanol–water partition coefficient (Wildman–Crippen LogP) is 2.30. The van der Waals surface area contributed by atoms with Gasteiger partial charge in [0.2, 0.25) is 5.91 Å². The Balaban J connectivity index is 1.85. The Labute approximate surface area is 157 Å². The number of sulfonamides is 1. The first-order chi connectivity index (χ1) is 11.8. The lowest BCUT2D eigenvalue weighted by Crippen LogP contribution is -2.43. The van der Waals surface area contributed by atoms with E-state index in [4.69, 9.17) is 0 Å². The second-order valence-electron chi connectivity index (χ2n) is 5.69. The number of halogens is 1. The van der Waals surface area contributed by atoms with Gasteiger partial charge in [-0.3, -0.25) is 9.59 Å². The number of anilines is 1. The molecule has 0 bridgehead atoms. The molecule has 1 saturated heterocycles. The number of aromatic nitrogens is 1. The maximum atomic E-state index is 12.8. The van der Waals surface area contributed by atoms with Crippen molar-refractivity contribution >= 4 is 48.9 Å². The molecule has 0 aliphatic carbocycles. The Morgan fingerprint density at radius 3 is 2.88 bits per heavy atom. The molecule has 3 heterocycles. The van der Waals surface area contributed by atoms with Crippen molar-refractivity contribution in [3.63, 3.8) is 0 Å². The molecule has 25 heavy (non-hydrogen) atoms. The quantitative estimate of drug-likeness (QED) is 0.753. The van der Waals surface area contributed by atoms with Gasteiger partial charge in [0.1, 0.15) is 15.9 Å². The fraction of sp³-hybridized carbons (Fsp3) is 0.333. The molecule has 7 nitrogen and oxygen atoms in total. The second kappa shape index (κ2) is 7.02. The minimum Gasteiger partial charge on any atom is -0.326 e. The molecule has 0 unspecified atom stereocenters. The molecule has 10 heteroatoms. The summed E-state index contributed by atoms with van der Waals surface area (Å²) in [4.78, 5) is 27.8. The fourth-order valence-corrected chi connectivity index (χ4v) is 6.13. The molecular formula is C15H16BrN3O4S2. The number of thiophene rings is 1. The summed E-state index contributed by atoms with van der Waals surface area (Å²) in [6, 6.07) is 3.95. The number of aromatic amines is 1. The van der Waals surface area contributed by atoms with E-state index in [0.717, 1.165) is 4.88 Å². The number of pyridine rings is 1. The minimum absolute atomic E-state index is 0.0793. The van der Waals surface area contributed by atoms with E-state index >= 15 is 0 Å². The summed E-state index contributed by atoms with van der Waals surface area (Å²) in [5.41, 5.74) is -0.367. The van der Waals surface area contributed by atoms with Crippen molar-refractivity contribution in [2.45, 2.75) is 30.0 Å². The summed E-state index contributed by atoms with van der Waals surface area (Å²) >= 11 is 4.40. The van der Waals surface area contributed by atoms with Gasteiger partial charge >= 0.3 is 0 Å². The highest BCUT2D eigenvalue weighted by molar-refractivity contribution is 9.10. The van der Waals surface area contributed by atoms with Crippen molar-refractivity contribution in [2.24, 2.45) is 0 Å². The van der Waals surface area contributed by atoms with Crippen molar-refractivity contribution in [1.29, 1.82) is 0 Å². The van der Waals surface area contributed by atoms with Crippen LogP contribution in [0.5, 0.6) is 0 Å². The minimum atomic E-state index is -3.73. The Morgan fingerprint density at radius 1 is 1.44 bits per heavy atom. The first-order valence-electron chi connectivity index (χ1n) is 7.56. The van der Waals surface area contributed by atoms with Gasteiger partial charge in [0.05, 0.1) is 0 Å². The standard InChI is InChI=1S/C15H16BrN3O4S2/c1-9-4-5-13(24-9)25(22,23)19-6-2-3-12(19)15(21)18-11-7-10(16)8-17-14(11)20/h4-5,7-8,12H,2-3,6H2,1H3,(H,17,20)(H,18,21)/t12-/m1/s1. The van der Waals surface area contributed by atoms with Crippen LogP contribution >= 0.6 is 27.3 Å². The van der Waals surface area contributed by atoms with Crippen LogP contribution in [0.1, 0.15) is 17.7 Å². The van der Waals surface area contributed by atoms with Crippen LogP contribution in [0.3, 0.4) is 0 Å². The summed E-state index contributed by atoms with van der Waals surface area (Å²) < 4.78 is 27.7. The SMILES string of the molecule is Cc1ccc(S(=O)(=O)N2CCC[C@@H]2C(=O)Nc2cc(Br)c[nH]c2=O)s1. The fourth-order valence-electron chi connectivity index (χ4n) is 2.72. The molecular weight excluding hydrogens is 430 g/mol. The van der Waals surface area contributed by atoms with Gasteiger partial charge in [-0.15, -0.1) is 11.3 Å². The number of rotatable bonds is 4. The molecule has 1 amide bonds. The van der Waals surface area contributed by atoms with Crippen LogP contribution in [0.4, 0.5) is 5.69 Å². The van der Waals surface area contributed by atoms with Gasteiger partial charge < -0.3 is 10.3 Å². The highest BCUT2D eigenvalue weighted by Crippen LogP contribution is 2.30. The van der Waals surface area contributed by atoms with Gasteiger partial charge in [-0.05, 0) is 53.9 Å². The van der Waals surface area contributed by atoms with E-state index in [2.05, 4.69) is 26.2 Å². The highest BCUT2D eigenvalue weighted by atomic mass is 79.9. The molecule has 0 saturated carbocycles. The molecule has 134 valence electrons. The normalized spacial score (nSPS) is 18.4. The average molecular weight is 446 g/mol. The lowest BCUT2D eigenvalue weighted by molar-refractivity contribution is -0.119. The monoisotopic (exact) mass is 445 g/mol. The number of amides is 1. The first kappa shape index (κ1) is 18.3. The van der Waals surface area contributed by atoms with Crippen LogP contribution in [0.25, 0.3) is 0 Å². The Morgan fingerprint density at radius 2 is 2.20 bits per heavy atom. The van der Waals surface area contributed by atoms with Crippen LogP contribution in [0.15, 0.2) is 37.9 Å². The third-order valence-electron chi connectivity index (χ3n) is 3.91. The number of aryl methyl sites for hydroxylation is 1. The van der Waals surface area contributed by atoms with E-state index in [1.54, 1.807) is 12.1 Å². The molecule has 1 atom stereocenters. The van der Waals surface area contributed by atoms with Gasteiger partial charge in [-0.25, -0.2) is 8.42 Å². The van der Waals surface area contributed by atoms with Crippen molar-refractivity contribution in [2.75, 3.05) is 11.9 Å². The number of hydrogen-bond acceptors (Lipinski definition) is 5. The lowest BCUT2D eigenvalue weighted by Gasteiger charge is -2.22. The Bertz CT molecular complexity index is 967. The number of carbonyl (C=O) groups is 1. The number of nitrogens with zero attached hydrogens (tertiary/aromatic N) is 1. The van der Waals surface area contributed by atoms with Crippen molar-refractivity contribution < 1.29 is 13.2 Å². The summed E-state index contributed by atoms with van der Waals surface area (Å²) in [5.74, 6) is -0.502. The molecule has 1 aliphatic heterocycles. The van der Waals surface area contributed by atoms with Gasteiger partial charge in [0.15, 0.2) is 0 Å². The summed E-state index contributed by atoms with van der Waals surface area (Å²) in [7, 11) is -3.73. The zero-order valence-corrected chi connectivity index (χ0v) is 16.5. The molecule has 3 rings (SSSR count).